The minimum absolute atomic E-state index is 0.0125. The molecule has 2 aromatic rings. The van der Waals surface area contributed by atoms with Crippen LogP contribution in [0.15, 0.2) is 10.8 Å². The normalized spacial score (nSPS) is 10.5. The van der Waals surface area contributed by atoms with Crippen LogP contribution in [-0.2, 0) is 31.9 Å². The Hall–Kier alpha value is -3.34. The molecule has 6 N–H and O–H groups in total. The molecule has 0 saturated carbocycles. The van der Waals surface area contributed by atoms with Gasteiger partial charge in [0.1, 0.15) is 13.2 Å². The summed E-state index contributed by atoms with van der Waals surface area (Å²) < 4.78 is 9.66. The third-order valence-corrected chi connectivity index (χ3v) is 5.45. The third kappa shape index (κ3) is 11.0. The number of rotatable bonds is 14. The minimum Gasteiger partial charge on any atom is -0.465 e. The summed E-state index contributed by atoms with van der Waals surface area (Å²) >= 11 is 2.37. The molecular formula is C18H24N6O8S2. The van der Waals surface area contributed by atoms with E-state index < -0.39 is 24.1 Å². The standard InChI is InChI=1S/C18H24N6O8S2/c25-13(31-7-5-19-3-1-11-9-33-15(21-11)23-17(27)28)14(26)32-8-6-20-4-2-12-10-34-16(22-12)24-18(29)30/h9-10,19-20H,1-8H2,(H,21,23)(H,22,24)(H,27,28)(H,29,30). The van der Waals surface area contributed by atoms with Crippen LogP contribution in [0.2, 0.25) is 0 Å². The van der Waals surface area contributed by atoms with Gasteiger partial charge in [0.2, 0.25) is 0 Å². The van der Waals surface area contributed by atoms with Crippen molar-refractivity contribution in [2.75, 3.05) is 50.0 Å². The Kier molecular flexibility index (Phi) is 11.7. The molecule has 0 unspecified atom stereocenters. The van der Waals surface area contributed by atoms with Crippen LogP contribution < -0.4 is 21.3 Å². The van der Waals surface area contributed by atoms with Crippen molar-refractivity contribution in [3.63, 3.8) is 0 Å². The summed E-state index contributed by atoms with van der Waals surface area (Å²) in [4.78, 5) is 52.5. The summed E-state index contributed by atoms with van der Waals surface area (Å²) in [7, 11) is 0. The van der Waals surface area contributed by atoms with E-state index in [4.69, 9.17) is 19.7 Å². The SMILES string of the molecule is O=C(O)Nc1nc(CCNCCOC(=O)C(=O)OCCNCCc2csc(NC(=O)O)n2)cs1. The molecule has 0 atom stereocenters. The fraction of sp³-hybridized carbons (Fsp3) is 0.444. The summed E-state index contributed by atoms with van der Waals surface area (Å²) in [5.41, 5.74) is 1.45. The number of carbonyl (C=O) groups is 4. The number of carbonyl (C=O) groups excluding carboxylic acids is 2. The Morgan fingerprint density at radius 2 is 1.15 bits per heavy atom. The topological polar surface area (TPSA) is 201 Å². The molecule has 2 aromatic heterocycles. The number of carboxylic acid groups (broad SMARTS) is 2. The van der Waals surface area contributed by atoms with Gasteiger partial charge in [-0.25, -0.2) is 29.1 Å². The molecule has 0 aliphatic rings. The van der Waals surface area contributed by atoms with Gasteiger partial charge < -0.3 is 30.3 Å². The zero-order chi connectivity index (χ0) is 24.8. The number of anilines is 2. The number of aromatic nitrogens is 2. The number of esters is 2. The molecule has 14 nitrogen and oxygen atoms in total. The smallest absolute Gasteiger partial charge is 0.417 e. The van der Waals surface area contributed by atoms with Crippen molar-refractivity contribution in [3.8, 4) is 0 Å². The van der Waals surface area contributed by atoms with Gasteiger partial charge in [0.25, 0.3) is 0 Å². The fourth-order valence-corrected chi connectivity index (χ4v) is 3.84. The van der Waals surface area contributed by atoms with Gasteiger partial charge in [0.15, 0.2) is 10.3 Å². The van der Waals surface area contributed by atoms with Crippen molar-refractivity contribution in [2.24, 2.45) is 0 Å². The molecule has 0 aromatic carbocycles. The number of nitrogens with one attached hydrogen (secondary N) is 4. The molecule has 0 spiro atoms. The molecule has 0 bridgehead atoms. The second-order valence-electron chi connectivity index (χ2n) is 6.42. The van der Waals surface area contributed by atoms with Gasteiger partial charge in [-0.2, -0.15) is 0 Å². The van der Waals surface area contributed by atoms with E-state index in [2.05, 4.69) is 31.2 Å². The summed E-state index contributed by atoms with van der Waals surface area (Å²) in [5.74, 6) is -2.15. The molecule has 0 radical (unpaired) electrons. The first-order valence-corrected chi connectivity index (χ1v) is 11.7. The Bertz CT molecular complexity index is 890. The maximum Gasteiger partial charge on any atom is 0.417 e. The molecular weight excluding hydrogens is 492 g/mol. The van der Waals surface area contributed by atoms with Crippen LogP contribution in [0.3, 0.4) is 0 Å². The monoisotopic (exact) mass is 516 g/mol. The average molecular weight is 517 g/mol. The van der Waals surface area contributed by atoms with Crippen LogP contribution in [-0.4, -0.2) is 83.7 Å². The van der Waals surface area contributed by atoms with Crippen LogP contribution in [0.1, 0.15) is 11.4 Å². The van der Waals surface area contributed by atoms with Crippen LogP contribution in [0.4, 0.5) is 19.9 Å². The number of hydrogen-bond donors (Lipinski definition) is 6. The number of thiazole rings is 2. The molecule has 186 valence electrons. The minimum atomic E-state index is -1.17. The van der Waals surface area contributed by atoms with Gasteiger partial charge in [-0.3, -0.25) is 10.6 Å². The molecule has 34 heavy (non-hydrogen) atoms. The van der Waals surface area contributed by atoms with Crippen molar-refractivity contribution >= 4 is 57.1 Å². The van der Waals surface area contributed by atoms with Gasteiger partial charge in [-0.1, -0.05) is 0 Å². The number of ether oxygens (including phenoxy) is 2. The van der Waals surface area contributed by atoms with E-state index in [1.807, 2.05) is 0 Å². The first-order chi connectivity index (χ1) is 16.3. The second kappa shape index (κ2) is 14.7. The highest BCUT2D eigenvalue weighted by Gasteiger charge is 2.16. The number of nitrogens with zero attached hydrogens (tertiary/aromatic N) is 2. The van der Waals surface area contributed by atoms with E-state index in [0.717, 1.165) is 11.4 Å². The van der Waals surface area contributed by atoms with Crippen LogP contribution in [0, 0.1) is 0 Å². The lowest BCUT2D eigenvalue weighted by Gasteiger charge is -2.07. The van der Waals surface area contributed by atoms with Crippen molar-refractivity contribution in [1.82, 2.24) is 20.6 Å². The maximum atomic E-state index is 11.6. The number of hydrogen-bond acceptors (Lipinski definition) is 12. The highest BCUT2D eigenvalue weighted by molar-refractivity contribution is 7.14. The first kappa shape index (κ1) is 26.9. The average Bonchev–Trinajstić information content (AvgIpc) is 3.41. The van der Waals surface area contributed by atoms with Gasteiger partial charge in [0, 0.05) is 49.8 Å². The summed E-state index contributed by atoms with van der Waals surface area (Å²) in [5, 5.41) is 31.7. The summed E-state index contributed by atoms with van der Waals surface area (Å²) in [6.07, 6.45) is -1.22. The molecule has 2 amide bonds. The lowest BCUT2D eigenvalue weighted by atomic mass is 10.3. The Balaban J connectivity index is 1.45. The molecule has 2 heterocycles. The third-order valence-electron chi connectivity index (χ3n) is 3.84. The Labute approximate surface area is 201 Å². The van der Waals surface area contributed by atoms with Crippen LogP contribution in [0.5, 0.6) is 0 Å². The highest BCUT2D eigenvalue weighted by atomic mass is 32.1. The molecule has 16 heteroatoms. The maximum absolute atomic E-state index is 11.6. The molecule has 2 rings (SSSR count). The van der Waals surface area contributed by atoms with Gasteiger partial charge >= 0.3 is 24.1 Å². The van der Waals surface area contributed by atoms with E-state index in [0.29, 0.717) is 49.3 Å². The highest BCUT2D eigenvalue weighted by Crippen LogP contribution is 2.16. The zero-order valence-electron chi connectivity index (χ0n) is 17.9. The summed E-state index contributed by atoms with van der Waals surface area (Å²) in [6, 6.07) is 0. The summed E-state index contributed by atoms with van der Waals surface area (Å²) in [6.45, 7) is 1.68. The van der Waals surface area contributed by atoms with Gasteiger partial charge in [-0.05, 0) is 0 Å². The Morgan fingerprint density at radius 1 is 0.735 bits per heavy atom. The van der Waals surface area contributed by atoms with Crippen molar-refractivity contribution in [2.45, 2.75) is 12.8 Å². The van der Waals surface area contributed by atoms with E-state index in [1.54, 1.807) is 10.8 Å². The molecule has 0 aliphatic carbocycles. The van der Waals surface area contributed by atoms with E-state index in [1.165, 1.54) is 22.7 Å². The predicted molar refractivity (Wildman–Crippen MR) is 123 cm³/mol. The first-order valence-electron chi connectivity index (χ1n) is 9.97. The molecule has 0 aliphatic heterocycles. The predicted octanol–water partition coefficient (Wildman–Crippen LogP) is 0.830. The van der Waals surface area contributed by atoms with Gasteiger partial charge in [0.05, 0.1) is 11.4 Å². The largest absolute Gasteiger partial charge is 0.465 e. The van der Waals surface area contributed by atoms with Gasteiger partial charge in [-0.15, -0.1) is 22.7 Å². The Morgan fingerprint density at radius 3 is 1.53 bits per heavy atom. The second-order valence-corrected chi connectivity index (χ2v) is 8.14. The van der Waals surface area contributed by atoms with E-state index in [9.17, 15) is 19.2 Å². The zero-order valence-corrected chi connectivity index (χ0v) is 19.5. The molecule has 0 saturated heterocycles. The van der Waals surface area contributed by atoms with Crippen molar-refractivity contribution in [1.29, 1.82) is 0 Å². The molecule has 0 fully saturated rings. The quantitative estimate of drug-likeness (QED) is 0.117. The lowest BCUT2D eigenvalue weighted by molar-refractivity contribution is -0.167. The van der Waals surface area contributed by atoms with E-state index >= 15 is 0 Å². The fourth-order valence-electron chi connectivity index (χ4n) is 2.37. The number of amides is 2. The van der Waals surface area contributed by atoms with Crippen LogP contribution >= 0.6 is 22.7 Å². The lowest BCUT2D eigenvalue weighted by Crippen LogP contribution is -2.29. The van der Waals surface area contributed by atoms with Crippen LogP contribution in [0.25, 0.3) is 0 Å². The van der Waals surface area contributed by atoms with Crippen molar-refractivity contribution < 1.29 is 38.9 Å². The van der Waals surface area contributed by atoms with Crippen molar-refractivity contribution in [3.05, 3.63) is 22.1 Å². The van der Waals surface area contributed by atoms with E-state index in [-0.39, 0.29) is 13.2 Å².